The fraction of sp³-hybridized carbons (Fsp3) is 0.938. The number of hydrogen-bond acceptors (Lipinski definition) is 4. The van der Waals surface area contributed by atoms with Gasteiger partial charge in [-0.1, -0.05) is 0 Å². The van der Waals surface area contributed by atoms with Crippen molar-refractivity contribution in [3.05, 3.63) is 0 Å². The van der Waals surface area contributed by atoms with Gasteiger partial charge in [-0.05, 0) is 67.1 Å². The zero-order valence-electron chi connectivity index (χ0n) is 14.6. The molecule has 0 saturated carbocycles. The van der Waals surface area contributed by atoms with Gasteiger partial charge in [0, 0.05) is 25.7 Å². The van der Waals surface area contributed by atoms with E-state index < -0.39 is 5.60 Å². The molecule has 0 aromatic heterocycles. The number of amides is 1. The van der Waals surface area contributed by atoms with Crippen LogP contribution in [0, 0.1) is 5.92 Å². The fourth-order valence-corrected chi connectivity index (χ4v) is 2.70. The van der Waals surface area contributed by atoms with Crippen molar-refractivity contribution >= 4 is 6.09 Å². The molecule has 1 fully saturated rings. The smallest absolute Gasteiger partial charge is 0.410 e. The maximum absolute atomic E-state index is 12.1. The van der Waals surface area contributed by atoms with E-state index in [1.54, 1.807) is 0 Å². The molecule has 2 unspecified atom stereocenters. The summed E-state index contributed by atoms with van der Waals surface area (Å²) in [5.41, 5.74) is -0.414. The first-order valence-corrected chi connectivity index (χ1v) is 8.03. The van der Waals surface area contributed by atoms with E-state index in [0.717, 1.165) is 32.6 Å². The van der Waals surface area contributed by atoms with E-state index >= 15 is 0 Å². The van der Waals surface area contributed by atoms with Crippen LogP contribution in [0.1, 0.15) is 40.5 Å². The molecule has 1 saturated heterocycles. The summed E-state index contributed by atoms with van der Waals surface area (Å²) >= 11 is 0. The highest BCUT2D eigenvalue weighted by molar-refractivity contribution is 5.68. The predicted molar refractivity (Wildman–Crippen MR) is 86.5 cm³/mol. The van der Waals surface area contributed by atoms with Gasteiger partial charge in [0.2, 0.25) is 0 Å². The summed E-state index contributed by atoms with van der Waals surface area (Å²) in [6.45, 7) is 11.6. The van der Waals surface area contributed by atoms with Crippen LogP contribution in [0.2, 0.25) is 0 Å². The Morgan fingerprint density at radius 2 is 2.10 bits per heavy atom. The number of ether oxygens (including phenoxy) is 1. The summed E-state index contributed by atoms with van der Waals surface area (Å²) < 4.78 is 5.46. The van der Waals surface area contributed by atoms with Gasteiger partial charge in [-0.25, -0.2) is 4.79 Å². The van der Waals surface area contributed by atoms with E-state index in [1.165, 1.54) is 6.42 Å². The van der Waals surface area contributed by atoms with E-state index in [0.29, 0.717) is 12.0 Å². The minimum Gasteiger partial charge on any atom is -0.444 e. The van der Waals surface area contributed by atoms with Crippen LogP contribution in [0.15, 0.2) is 0 Å². The summed E-state index contributed by atoms with van der Waals surface area (Å²) in [4.78, 5) is 16.2. The number of likely N-dealkylation sites (tertiary alicyclic amines) is 1. The number of nitrogens with one attached hydrogen (secondary N) is 1. The molecule has 0 bridgehead atoms. The molecule has 0 aromatic carbocycles. The molecule has 0 radical (unpaired) electrons. The normalized spacial score (nSPS) is 21.5. The van der Waals surface area contributed by atoms with Gasteiger partial charge >= 0.3 is 6.09 Å². The highest BCUT2D eigenvalue weighted by Crippen LogP contribution is 2.19. The van der Waals surface area contributed by atoms with E-state index in [4.69, 9.17) is 4.74 Å². The van der Waals surface area contributed by atoms with Gasteiger partial charge < -0.3 is 19.9 Å². The van der Waals surface area contributed by atoms with Crippen LogP contribution in [-0.2, 0) is 4.74 Å². The van der Waals surface area contributed by atoms with Crippen molar-refractivity contribution in [2.45, 2.75) is 52.2 Å². The molecule has 1 aliphatic heterocycles. The second kappa shape index (κ2) is 7.99. The molecule has 1 heterocycles. The number of rotatable bonds is 5. The Bertz CT molecular complexity index is 326. The van der Waals surface area contributed by atoms with Crippen LogP contribution in [-0.4, -0.2) is 67.8 Å². The maximum atomic E-state index is 12.1. The van der Waals surface area contributed by atoms with Crippen LogP contribution in [0.25, 0.3) is 0 Å². The molecule has 1 N–H and O–H groups in total. The van der Waals surface area contributed by atoms with Gasteiger partial charge in [0.05, 0.1) is 0 Å². The van der Waals surface area contributed by atoms with E-state index in [1.807, 2.05) is 25.7 Å². The molecule has 1 rings (SSSR count). The third-order valence-electron chi connectivity index (χ3n) is 3.56. The summed E-state index contributed by atoms with van der Waals surface area (Å²) in [6.07, 6.45) is 2.07. The van der Waals surface area contributed by atoms with Crippen LogP contribution in [0.4, 0.5) is 4.79 Å². The minimum atomic E-state index is -0.414. The van der Waals surface area contributed by atoms with E-state index in [-0.39, 0.29) is 6.09 Å². The van der Waals surface area contributed by atoms with Crippen molar-refractivity contribution in [3.63, 3.8) is 0 Å². The Balaban J connectivity index is 2.36. The van der Waals surface area contributed by atoms with Crippen molar-refractivity contribution in [2.75, 3.05) is 40.3 Å². The van der Waals surface area contributed by atoms with Crippen LogP contribution >= 0.6 is 0 Å². The maximum Gasteiger partial charge on any atom is 0.410 e. The van der Waals surface area contributed by atoms with Gasteiger partial charge in [-0.15, -0.1) is 0 Å². The van der Waals surface area contributed by atoms with Crippen molar-refractivity contribution in [1.29, 1.82) is 0 Å². The number of nitrogens with zero attached hydrogens (tertiary/aromatic N) is 2. The van der Waals surface area contributed by atoms with Gasteiger partial charge in [-0.2, -0.15) is 0 Å². The van der Waals surface area contributed by atoms with E-state index in [9.17, 15) is 4.79 Å². The zero-order chi connectivity index (χ0) is 16.0. The standard InChI is InChI=1S/C16H33N3O2/c1-13(11-18(5)6)17-10-14-8-7-9-19(12-14)15(20)21-16(2,3)4/h13-14,17H,7-12H2,1-6H3. The second-order valence-electron chi connectivity index (χ2n) is 7.51. The number of carbonyl (C=O) groups excluding carboxylic acids is 1. The lowest BCUT2D eigenvalue weighted by molar-refractivity contribution is 0.0165. The van der Waals surface area contributed by atoms with Crippen molar-refractivity contribution in [1.82, 2.24) is 15.1 Å². The molecular formula is C16H33N3O2. The molecular weight excluding hydrogens is 266 g/mol. The summed E-state index contributed by atoms with van der Waals surface area (Å²) in [5.74, 6) is 0.524. The molecule has 0 aliphatic carbocycles. The lowest BCUT2D eigenvalue weighted by atomic mass is 9.98. The second-order valence-corrected chi connectivity index (χ2v) is 7.51. The Kier molecular flexibility index (Phi) is 6.94. The number of piperidine rings is 1. The van der Waals surface area contributed by atoms with E-state index in [2.05, 4.69) is 31.2 Å². The molecule has 2 atom stereocenters. The van der Waals surface area contributed by atoms with Gasteiger partial charge in [-0.3, -0.25) is 0 Å². The highest BCUT2D eigenvalue weighted by Gasteiger charge is 2.27. The Labute approximate surface area is 130 Å². The lowest BCUT2D eigenvalue weighted by Gasteiger charge is -2.34. The third-order valence-corrected chi connectivity index (χ3v) is 3.56. The predicted octanol–water partition coefficient (Wildman–Crippen LogP) is 2.17. The van der Waals surface area contributed by atoms with Crippen LogP contribution < -0.4 is 5.32 Å². The average Bonchev–Trinajstić information content (AvgIpc) is 2.34. The summed E-state index contributed by atoms with van der Waals surface area (Å²) in [5, 5.41) is 3.57. The topological polar surface area (TPSA) is 44.8 Å². The number of hydrogen-bond donors (Lipinski definition) is 1. The Hall–Kier alpha value is -0.810. The first kappa shape index (κ1) is 18.2. The van der Waals surface area contributed by atoms with Crippen molar-refractivity contribution in [2.24, 2.45) is 5.92 Å². The van der Waals surface area contributed by atoms with Gasteiger partial charge in [0.1, 0.15) is 5.60 Å². The Morgan fingerprint density at radius 3 is 2.67 bits per heavy atom. The SMILES string of the molecule is CC(CN(C)C)NCC1CCCN(C(=O)OC(C)(C)C)C1. The lowest BCUT2D eigenvalue weighted by Crippen LogP contribution is -2.46. The molecule has 0 spiro atoms. The quantitative estimate of drug-likeness (QED) is 0.845. The average molecular weight is 299 g/mol. The molecule has 124 valence electrons. The summed E-state index contributed by atoms with van der Waals surface area (Å²) in [6, 6.07) is 0.469. The molecule has 5 heteroatoms. The van der Waals surface area contributed by atoms with Crippen molar-refractivity contribution < 1.29 is 9.53 Å². The number of carbonyl (C=O) groups is 1. The summed E-state index contributed by atoms with van der Waals surface area (Å²) in [7, 11) is 4.17. The van der Waals surface area contributed by atoms with Gasteiger partial charge in [0.25, 0.3) is 0 Å². The van der Waals surface area contributed by atoms with Crippen molar-refractivity contribution in [3.8, 4) is 0 Å². The molecule has 0 aromatic rings. The molecule has 21 heavy (non-hydrogen) atoms. The third kappa shape index (κ3) is 7.67. The van der Waals surface area contributed by atoms with Crippen LogP contribution in [0.3, 0.4) is 0 Å². The molecule has 1 amide bonds. The monoisotopic (exact) mass is 299 g/mol. The highest BCUT2D eigenvalue weighted by atomic mass is 16.6. The zero-order valence-corrected chi connectivity index (χ0v) is 14.6. The minimum absolute atomic E-state index is 0.173. The molecule has 5 nitrogen and oxygen atoms in total. The largest absolute Gasteiger partial charge is 0.444 e. The first-order chi connectivity index (χ1) is 9.67. The Morgan fingerprint density at radius 1 is 1.43 bits per heavy atom. The van der Waals surface area contributed by atoms with Gasteiger partial charge in [0.15, 0.2) is 0 Å². The van der Waals surface area contributed by atoms with Crippen LogP contribution in [0.5, 0.6) is 0 Å². The number of likely N-dealkylation sites (N-methyl/N-ethyl adjacent to an activating group) is 1. The fourth-order valence-electron chi connectivity index (χ4n) is 2.70. The molecule has 1 aliphatic rings. The first-order valence-electron chi connectivity index (χ1n) is 8.03.